The number of nitrogens with zero attached hydrogens (tertiary/aromatic N) is 7. The highest BCUT2D eigenvalue weighted by Gasteiger charge is 2.41. The van der Waals surface area contributed by atoms with Gasteiger partial charge in [-0.3, -0.25) is 9.69 Å². The Bertz CT molecular complexity index is 1420. The molecule has 7 rings (SSSR count). The third-order valence-electron chi connectivity index (χ3n) is 9.35. The van der Waals surface area contributed by atoms with Gasteiger partial charge in [0, 0.05) is 48.9 Å². The largest absolute Gasteiger partial charge is 0.387 e. The van der Waals surface area contributed by atoms with Gasteiger partial charge < -0.3 is 20.2 Å². The fraction of sp³-hybridized carbons (Fsp3) is 0.567. The highest BCUT2D eigenvalue weighted by molar-refractivity contribution is 5.90. The second-order valence-corrected chi connectivity index (χ2v) is 12.0. The van der Waals surface area contributed by atoms with Gasteiger partial charge in [-0.05, 0) is 76.7 Å². The molecule has 7 heterocycles. The molecule has 2 N–H and O–H groups in total. The van der Waals surface area contributed by atoms with Crippen molar-refractivity contribution in [1.82, 2.24) is 29.7 Å². The Balaban J connectivity index is 1.13. The molecular weight excluding hydrogens is 504 g/mol. The maximum atomic E-state index is 13.2. The minimum atomic E-state index is -0.657. The fourth-order valence-corrected chi connectivity index (χ4v) is 7.14. The van der Waals surface area contributed by atoms with Gasteiger partial charge in [-0.25, -0.2) is 19.9 Å². The maximum absolute atomic E-state index is 13.2. The van der Waals surface area contributed by atoms with Crippen molar-refractivity contribution < 1.29 is 9.90 Å². The van der Waals surface area contributed by atoms with Gasteiger partial charge in [-0.15, -0.1) is 0 Å². The molecule has 3 fully saturated rings. The fourth-order valence-electron chi connectivity index (χ4n) is 7.14. The minimum Gasteiger partial charge on any atom is -0.387 e. The van der Waals surface area contributed by atoms with Crippen LogP contribution < -0.4 is 10.2 Å². The number of carbonyl (C=O) groups is 1. The monoisotopic (exact) mass is 542 g/mol. The van der Waals surface area contributed by atoms with Crippen molar-refractivity contribution in [3.8, 4) is 0 Å². The van der Waals surface area contributed by atoms with Crippen LogP contribution in [0.15, 0.2) is 24.4 Å². The van der Waals surface area contributed by atoms with Crippen molar-refractivity contribution in [3.05, 3.63) is 41.3 Å². The first kappa shape index (κ1) is 25.6. The van der Waals surface area contributed by atoms with Gasteiger partial charge in [0.1, 0.15) is 11.3 Å². The first-order valence-corrected chi connectivity index (χ1v) is 14.8. The number of hydrogen-bond donors (Lipinski definition) is 2. The predicted molar refractivity (Wildman–Crippen MR) is 153 cm³/mol. The zero-order valence-corrected chi connectivity index (χ0v) is 23.4. The Morgan fingerprint density at radius 2 is 1.85 bits per heavy atom. The molecule has 40 heavy (non-hydrogen) atoms. The molecule has 3 aromatic heterocycles. The summed E-state index contributed by atoms with van der Waals surface area (Å²) in [5, 5.41) is 14.5. The quantitative estimate of drug-likeness (QED) is 0.498. The molecule has 0 aliphatic carbocycles. The van der Waals surface area contributed by atoms with Crippen LogP contribution in [0, 0.1) is 0 Å². The van der Waals surface area contributed by atoms with Gasteiger partial charge in [0.05, 0.1) is 17.8 Å². The summed E-state index contributed by atoms with van der Waals surface area (Å²) in [6.07, 6.45) is 9.86. The number of aliphatic hydroxyl groups excluding tert-OH is 1. The summed E-state index contributed by atoms with van der Waals surface area (Å²) in [6.45, 7) is 4.04. The van der Waals surface area contributed by atoms with Gasteiger partial charge in [0.2, 0.25) is 11.9 Å². The molecule has 2 bridgehead atoms. The summed E-state index contributed by atoms with van der Waals surface area (Å²) in [5.74, 6) is 2.28. The van der Waals surface area contributed by atoms with Crippen molar-refractivity contribution in [2.45, 2.75) is 89.1 Å². The lowest BCUT2D eigenvalue weighted by molar-refractivity contribution is -0.138. The average molecular weight is 543 g/mol. The Hall–Kier alpha value is -3.37. The van der Waals surface area contributed by atoms with E-state index in [4.69, 9.17) is 15.0 Å². The Morgan fingerprint density at radius 1 is 1.05 bits per heavy atom. The van der Waals surface area contributed by atoms with E-state index in [2.05, 4.69) is 33.2 Å². The Morgan fingerprint density at radius 3 is 2.60 bits per heavy atom. The molecule has 10 heteroatoms. The molecule has 0 radical (unpaired) electrons. The number of rotatable bonds is 5. The lowest BCUT2D eigenvalue weighted by Gasteiger charge is -2.37. The topological polar surface area (TPSA) is 111 Å². The van der Waals surface area contributed by atoms with Crippen LogP contribution in [0.1, 0.15) is 74.9 Å². The molecule has 4 aliphatic rings. The minimum absolute atomic E-state index is 0.000976. The van der Waals surface area contributed by atoms with Crippen molar-refractivity contribution in [3.63, 3.8) is 0 Å². The number of pyridine rings is 2. The molecule has 4 aliphatic heterocycles. The van der Waals surface area contributed by atoms with Crippen LogP contribution in [0.3, 0.4) is 0 Å². The smallest absolute Gasteiger partial charge is 0.240 e. The van der Waals surface area contributed by atoms with E-state index in [-0.39, 0.29) is 11.9 Å². The molecule has 0 saturated carbocycles. The van der Waals surface area contributed by atoms with Crippen molar-refractivity contribution in [1.29, 1.82) is 0 Å². The number of anilines is 3. The maximum Gasteiger partial charge on any atom is 0.240 e. The van der Waals surface area contributed by atoms with E-state index in [1.54, 1.807) is 6.92 Å². The number of hydrogen-bond acceptors (Lipinski definition) is 9. The van der Waals surface area contributed by atoms with Crippen LogP contribution >= 0.6 is 0 Å². The molecule has 0 spiro atoms. The summed E-state index contributed by atoms with van der Waals surface area (Å²) in [5.41, 5.74) is 3.58. The van der Waals surface area contributed by atoms with Crippen molar-refractivity contribution in [2.75, 3.05) is 30.4 Å². The van der Waals surface area contributed by atoms with Crippen LogP contribution in [0.4, 0.5) is 17.6 Å². The number of fused-ring (bicyclic) bond motifs is 4. The SMILES string of the molecule is C[C@@H](O)c1cc2cnc(Nc3ccc4c(n3)CCN(C(=O)[C@H]3CCCCN3C)C4)nc2c(N2C3CCC2CC3)n1. The molecule has 10 nitrogen and oxygen atoms in total. The zero-order chi connectivity index (χ0) is 27.4. The van der Waals surface area contributed by atoms with E-state index in [0.717, 1.165) is 53.8 Å². The summed E-state index contributed by atoms with van der Waals surface area (Å²) in [7, 11) is 2.06. The summed E-state index contributed by atoms with van der Waals surface area (Å²) >= 11 is 0. The number of nitrogens with one attached hydrogen (secondary N) is 1. The second kappa shape index (κ2) is 10.2. The van der Waals surface area contributed by atoms with Gasteiger partial charge in [-0.2, -0.15) is 0 Å². The number of likely N-dealkylation sites (tertiary alicyclic amines) is 1. The van der Waals surface area contributed by atoms with E-state index < -0.39 is 6.10 Å². The zero-order valence-electron chi connectivity index (χ0n) is 23.4. The van der Waals surface area contributed by atoms with Crippen LogP contribution in [0.25, 0.3) is 10.9 Å². The molecule has 3 aromatic rings. The normalized spacial score (nSPS) is 25.3. The third-order valence-corrected chi connectivity index (χ3v) is 9.35. The Kier molecular flexibility index (Phi) is 6.54. The van der Waals surface area contributed by atoms with E-state index in [0.29, 0.717) is 42.6 Å². The van der Waals surface area contributed by atoms with Crippen LogP contribution in [-0.4, -0.2) is 79.0 Å². The standard InChI is InChI=1S/C30H38N8O2/c1-18(39)24-15-20-16-31-30(35-27(20)28(33-24)38-21-7-8-22(38)10-9-21)34-26-11-6-19-17-37(14-12-23(19)32-26)29(40)25-5-3-4-13-36(25)2/h6,11,15-16,18,21-22,25,39H,3-5,7-10,12-14,17H2,1-2H3,(H,31,32,34,35)/t18-,21?,22?,25-/m1/s1. The Labute approximate surface area is 234 Å². The summed E-state index contributed by atoms with van der Waals surface area (Å²) < 4.78 is 0. The predicted octanol–water partition coefficient (Wildman–Crippen LogP) is 3.72. The lowest BCUT2D eigenvalue weighted by Crippen LogP contribution is -2.50. The molecule has 2 atom stereocenters. The third kappa shape index (κ3) is 4.56. The van der Waals surface area contributed by atoms with Crippen molar-refractivity contribution >= 4 is 34.4 Å². The van der Waals surface area contributed by atoms with E-state index >= 15 is 0 Å². The van der Waals surface area contributed by atoms with Gasteiger partial charge in [-0.1, -0.05) is 12.5 Å². The van der Waals surface area contributed by atoms with E-state index in [1.165, 1.54) is 32.1 Å². The van der Waals surface area contributed by atoms with Crippen LogP contribution in [-0.2, 0) is 17.8 Å². The number of likely N-dealkylation sites (N-methyl/N-ethyl adjacent to an activating group) is 1. The van der Waals surface area contributed by atoms with E-state index in [1.807, 2.05) is 23.2 Å². The first-order valence-electron chi connectivity index (χ1n) is 14.8. The highest BCUT2D eigenvalue weighted by Crippen LogP contribution is 2.42. The highest BCUT2D eigenvalue weighted by atomic mass is 16.3. The molecule has 210 valence electrons. The van der Waals surface area contributed by atoms with Gasteiger partial charge in [0.25, 0.3) is 0 Å². The molecule has 3 saturated heterocycles. The number of aromatic nitrogens is 4. The average Bonchev–Trinajstić information content (AvgIpc) is 3.57. The number of aliphatic hydroxyl groups is 1. The van der Waals surface area contributed by atoms with Crippen LogP contribution in [0.5, 0.6) is 0 Å². The molecule has 1 amide bonds. The summed E-state index contributed by atoms with van der Waals surface area (Å²) in [6, 6.07) is 6.89. The van der Waals surface area contributed by atoms with Crippen molar-refractivity contribution in [2.24, 2.45) is 0 Å². The van der Waals surface area contributed by atoms with Crippen LogP contribution in [0.2, 0.25) is 0 Å². The number of carbonyl (C=O) groups excluding carboxylic acids is 1. The number of piperidine rings is 1. The molecule has 0 unspecified atom stereocenters. The van der Waals surface area contributed by atoms with Gasteiger partial charge in [0.15, 0.2) is 5.82 Å². The summed E-state index contributed by atoms with van der Waals surface area (Å²) in [4.78, 5) is 39.1. The van der Waals surface area contributed by atoms with Gasteiger partial charge >= 0.3 is 0 Å². The second-order valence-electron chi connectivity index (χ2n) is 12.0. The molecule has 0 aromatic carbocycles. The molecular formula is C30H38N8O2. The number of amides is 1. The first-order chi connectivity index (χ1) is 19.4. The lowest BCUT2D eigenvalue weighted by atomic mass is 9.99. The van der Waals surface area contributed by atoms with E-state index in [9.17, 15) is 9.90 Å².